The molecular weight excluding hydrogens is 354 g/mol. The van der Waals surface area contributed by atoms with E-state index in [0.717, 1.165) is 22.6 Å². The number of hydrazone groups is 1. The van der Waals surface area contributed by atoms with E-state index in [1.54, 1.807) is 31.6 Å². The number of hydrogen-bond donors (Lipinski definition) is 1. The highest BCUT2D eigenvalue weighted by molar-refractivity contribution is 6.04. The minimum Gasteiger partial charge on any atom is -0.507 e. The van der Waals surface area contributed by atoms with Gasteiger partial charge in [0.05, 0.1) is 18.9 Å². The summed E-state index contributed by atoms with van der Waals surface area (Å²) in [6.07, 6.45) is 3.83. The number of nitrogens with zero attached hydrogens (tertiary/aromatic N) is 3. The Labute approximate surface area is 162 Å². The first-order valence-corrected chi connectivity index (χ1v) is 9.13. The molecule has 0 amide bonds. The molecule has 0 bridgehead atoms. The standard InChI is InChI=1S/C22H19N3O3/c1-27-15-8-9-20(26)17(11-15)18-12-19-16-6-2-3-7-21(16)28-22(25(19)24-18)14-5-4-10-23-13-14/h2-11,13,19,22,26H,12H2,1H3/t19-,22-/m1/s1. The van der Waals surface area contributed by atoms with E-state index in [-0.39, 0.29) is 18.0 Å². The van der Waals surface area contributed by atoms with Crippen molar-refractivity contribution in [3.63, 3.8) is 0 Å². The van der Waals surface area contributed by atoms with Crippen molar-refractivity contribution in [3.8, 4) is 17.2 Å². The molecule has 6 heteroatoms. The molecule has 2 aromatic carbocycles. The number of phenolic OH excluding ortho intramolecular Hbond substituents is 1. The summed E-state index contributed by atoms with van der Waals surface area (Å²) in [7, 11) is 1.61. The van der Waals surface area contributed by atoms with Crippen molar-refractivity contribution in [1.82, 2.24) is 9.99 Å². The molecule has 1 N–H and O–H groups in total. The van der Waals surface area contributed by atoms with Gasteiger partial charge in [0.25, 0.3) is 0 Å². The van der Waals surface area contributed by atoms with Gasteiger partial charge in [-0.2, -0.15) is 5.10 Å². The molecule has 5 rings (SSSR count). The summed E-state index contributed by atoms with van der Waals surface area (Å²) in [5.74, 6) is 1.72. The number of methoxy groups -OCH3 is 1. The van der Waals surface area contributed by atoms with Crippen molar-refractivity contribution in [1.29, 1.82) is 0 Å². The van der Waals surface area contributed by atoms with Gasteiger partial charge in [-0.25, -0.2) is 5.01 Å². The van der Waals surface area contributed by atoms with E-state index in [1.807, 2.05) is 41.4 Å². The van der Waals surface area contributed by atoms with E-state index in [4.69, 9.17) is 14.6 Å². The van der Waals surface area contributed by atoms with E-state index < -0.39 is 0 Å². The highest BCUT2D eigenvalue weighted by atomic mass is 16.5. The molecule has 3 heterocycles. The second-order valence-corrected chi connectivity index (χ2v) is 6.82. The van der Waals surface area contributed by atoms with Gasteiger partial charge >= 0.3 is 0 Å². The van der Waals surface area contributed by atoms with Crippen LogP contribution in [0.2, 0.25) is 0 Å². The molecule has 3 aromatic rings. The number of benzene rings is 2. The molecule has 0 unspecified atom stereocenters. The molecule has 0 saturated heterocycles. The van der Waals surface area contributed by atoms with E-state index in [0.29, 0.717) is 17.7 Å². The van der Waals surface area contributed by atoms with E-state index in [9.17, 15) is 5.11 Å². The summed E-state index contributed by atoms with van der Waals surface area (Å²) in [6.45, 7) is 0. The lowest BCUT2D eigenvalue weighted by Gasteiger charge is -2.38. The lowest BCUT2D eigenvalue weighted by molar-refractivity contribution is -0.0192. The quantitative estimate of drug-likeness (QED) is 0.751. The zero-order chi connectivity index (χ0) is 19.1. The number of hydrogen-bond acceptors (Lipinski definition) is 6. The lowest BCUT2D eigenvalue weighted by Crippen LogP contribution is -2.33. The number of rotatable bonds is 3. The molecule has 0 radical (unpaired) electrons. The van der Waals surface area contributed by atoms with Crippen LogP contribution in [0.1, 0.15) is 35.4 Å². The van der Waals surface area contributed by atoms with Crippen LogP contribution >= 0.6 is 0 Å². The fraction of sp³-hybridized carbons (Fsp3) is 0.182. The average molecular weight is 373 g/mol. The second-order valence-electron chi connectivity index (χ2n) is 6.82. The maximum atomic E-state index is 10.4. The summed E-state index contributed by atoms with van der Waals surface area (Å²) in [4.78, 5) is 4.23. The molecule has 0 spiro atoms. The molecule has 1 aromatic heterocycles. The van der Waals surface area contributed by atoms with Gasteiger partial charge in [0.15, 0.2) is 0 Å². The van der Waals surface area contributed by atoms with Crippen molar-refractivity contribution in [2.75, 3.05) is 7.11 Å². The number of para-hydroxylation sites is 1. The predicted molar refractivity (Wildman–Crippen MR) is 104 cm³/mol. The Bertz CT molecular complexity index is 1050. The van der Waals surface area contributed by atoms with Crippen molar-refractivity contribution in [3.05, 3.63) is 83.7 Å². The molecule has 0 fully saturated rings. The van der Waals surface area contributed by atoms with Gasteiger partial charge in [-0.15, -0.1) is 0 Å². The Hall–Kier alpha value is -3.54. The van der Waals surface area contributed by atoms with E-state index in [2.05, 4.69) is 11.1 Å². The molecule has 0 saturated carbocycles. The minimum absolute atomic E-state index is 0.0238. The normalized spacial score (nSPS) is 20.0. The monoisotopic (exact) mass is 373 g/mol. The largest absolute Gasteiger partial charge is 0.507 e. The fourth-order valence-corrected chi connectivity index (χ4v) is 3.81. The first-order chi connectivity index (χ1) is 13.7. The Morgan fingerprint density at radius 3 is 2.86 bits per heavy atom. The molecule has 2 atom stereocenters. The number of aromatic hydroxyl groups is 1. The van der Waals surface area contributed by atoms with Gasteiger partial charge in [-0.05, 0) is 30.3 Å². The highest BCUT2D eigenvalue weighted by Crippen LogP contribution is 2.47. The second kappa shape index (κ2) is 6.56. The molecule has 28 heavy (non-hydrogen) atoms. The van der Waals surface area contributed by atoms with Crippen LogP contribution in [0, 0.1) is 0 Å². The van der Waals surface area contributed by atoms with Crippen molar-refractivity contribution in [2.45, 2.75) is 18.7 Å². The summed E-state index contributed by atoms with van der Waals surface area (Å²) in [6, 6.07) is 17.1. The molecule has 140 valence electrons. The van der Waals surface area contributed by atoms with Gasteiger partial charge < -0.3 is 14.6 Å². The Morgan fingerprint density at radius 1 is 1.14 bits per heavy atom. The molecule has 6 nitrogen and oxygen atoms in total. The number of aromatic nitrogens is 1. The van der Waals surface area contributed by atoms with Crippen LogP contribution in [0.4, 0.5) is 0 Å². The maximum Gasteiger partial charge on any atom is 0.215 e. The third-order valence-electron chi connectivity index (χ3n) is 5.18. The van der Waals surface area contributed by atoms with Crippen LogP contribution in [0.25, 0.3) is 0 Å². The Kier molecular flexibility index (Phi) is 3.90. The number of phenols is 1. The Morgan fingerprint density at radius 2 is 2.04 bits per heavy atom. The predicted octanol–water partition coefficient (Wildman–Crippen LogP) is 4.04. The minimum atomic E-state index is -0.376. The number of fused-ring (bicyclic) bond motifs is 3. The SMILES string of the molecule is COc1ccc(O)c(C2=NN3[C@H](C2)c2ccccc2O[C@@H]3c2cccnc2)c1. The first kappa shape index (κ1) is 16.6. The van der Waals surface area contributed by atoms with Crippen LogP contribution in [0.15, 0.2) is 72.1 Å². The number of ether oxygens (including phenoxy) is 2. The Balaban J connectivity index is 1.61. The third-order valence-corrected chi connectivity index (χ3v) is 5.18. The van der Waals surface area contributed by atoms with Crippen LogP contribution in [-0.2, 0) is 0 Å². The van der Waals surface area contributed by atoms with Crippen molar-refractivity contribution < 1.29 is 14.6 Å². The number of pyridine rings is 1. The summed E-state index contributed by atoms with van der Waals surface area (Å²) in [5, 5.41) is 17.2. The van der Waals surface area contributed by atoms with Gasteiger partial charge in [-0.3, -0.25) is 4.98 Å². The van der Waals surface area contributed by atoms with Gasteiger partial charge in [0.1, 0.15) is 17.2 Å². The van der Waals surface area contributed by atoms with Crippen LogP contribution in [0.3, 0.4) is 0 Å². The fourth-order valence-electron chi connectivity index (χ4n) is 3.81. The van der Waals surface area contributed by atoms with Gasteiger partial charge in [0, 0.05) is 35.5 Å². The van der Waals surface area contributed by atoms with E-state index in [1.165, 1.54) is 0 Å². The molecule has 2 aliphatic rings. The van der Waals surface area contributed by atoms with Gasteiger partial charge in [0.2, 0.25) is 6.23 Å². The third kappa shape index (κ3) is 2.65. The van der Waals surface area contributed by atoms with Gasteiger partial charge in [-0.1, -0.05) is 24.3 Å². The first-order valence-electron chi connectivity index (χ1n) is 9.13. The van der Waals surface area contributed by atoms with Crippen LogP contribution in [0.5, 0.6) is 17.2 Å². The molecule has 0 aliphatic carbocycles. The average Bonchev–Trinajstić information content (AvgIpc) is 3.19. The maximum absolute atomic E-state index is 10.4. The topological polar surface area (TPSA) is 67.2 Å². The summed E-state index contributed by atoms with van der Waals surface area (Å²) >= 11 is 0. The van der Waals surface area contributed by atoms with Crippen molar-refractivity contribution >= 4 is 5.71 Å². The zero-order valence-corrected chi connectivity index (χ0v) is 15.3. The van der Waals surface area contributed by atoms with Crippen LogP contribution in [-0.4, -0.2) is 27.9 Å². The smallest absolute Gasteiger partial charge is 0.215 e. The van der Waals surface area contributed by atoms with Crippen LogP contribution < -0.4 is 9.47 Å². The summed E-state index contributed by atoms with van der Waals surface area (Å²) < 4.78 is 11.6. The zero-order valence-electron chi connectivity index (χ0n) is 15.3. The van der Waals surface area contributed by atoms with Crippen molar-refractivity contribution in [2.24, 2.45) is 5.10 Å². The highest BCUT2D eigenvalue weighted by Gasteiger charge is 2.41. The molecular formula is C22H19N3O3. The van der Waals surface area contributed by atoms with E-state index >= 15 is 0 Å². The lowest BCUT2D eigenvalue weighted by atomic mass is 9.95. The summed E-state index contributed by atoms with van der Waals surface area (Å²) in [5.41, 5.74) is 3.50. The molecule has 2 aliphatic heterocycles.